The van der Waals surface area contributed by atoms with Gasteiger partial charge in [-0.25, -0.2) is 4.39 Å². The van der Waals surface area contributed by atoms with Gasteiger partial charge in [-0.3, -0.25) is 9.59 Å². The summed E-state index contributed by atoms with van der Waals surface area (Å²) in [4.78, 5) is 27.3. The first kappa shape index (κ1) is 23.8. The fourth-order valence-electron chi connectivity index (χ4n) is 4.07. The van der Waals surface area contributed by atoms with E-state index in [1.54, 1.807) is 19.1 Å². The van der Waals surface area contributed by atoms with Crippen molar-refractivity contribution >= 4 is 11.8 Å². The lowest BCUT2D eigenvalue weighted by atomic mass is 9.87. The number of fused-ring (bicyclic) bond motifs is 1. The van der Waals surface area contributed by atoms with Gasteiger partial charge in [-0.05, 0) is 74.1 Å². The van der Waals surface area contributed by atoms with Gasteiger partial charge in [0.25, 0.3) is 5.91 Å². The van der Waals surface area contributed by atoms with Gasteiger partial charge in [0.2, 0.25) is 5.91 Å². The largest absolute Gasteiger partial charge is 0.481 e. The zero-order valence-electron chi connectivity index (χ0n) is 19.5. The smallest absolute Gasteiger partial charge is 0.260 e. The zero-order chi connectivity index (χ0) is 23.4. The van der Waals surface area contributed by atoms with E-state index < -0.39 is 6.10 Å². The summed E-state index contributed by atoms with van der Waals surface area (Å²) in [5.74, 6) is 0.401. The summed E-state index contributed by atoms with van der Waals surface area (Å²) in [6.45, 7) is 10.2. The van der Waals surface area contributed by atoms with Gasteiger partial charge >= 0.3 is 0 Å². The number of halogens is 1. The van der Waals surface area contributed by atoms with E-state index in [0.717, 1.165) is 23.1 Å². The molecule has 2 unspecified atom stereocenters. The predicted molar refractivity (Wildman–Crippen MR) is 123 cm³/mol. The van der Waals surface area contributed by atoms with Crippen molar-refractivity contribution in [2.45, 2.75) is 65.6 Å². The second-order valence-corrected chi connectivity index (χ2v) is 9.17. The molecule has 6 heteroatoms. The number of hydrogen-bond acceptors (Lipinski definition) is 3. The van der Waals surface area contributed by atoms with Crippen molar-refractivity contribution in [2.75, 3.05) is 6.54 Å². The summed E-state index contributed by atoms with van der Waals surface area (Å²) in [5, 5.41) is 2.85. The lowest BCUT2D eigenvalue weighted by Crippen LogP contribution is -2.41. The minimum atomic E-state index is -0.651. The summed E-state index contributed by atoms with van der Waals surface area (Å²) in [6.07, 6.45) is 0.540. The Balaban J connectivity index is 1.96. The van der Waals surface area contributed by atoms with Crippen LogP contribution in [-0.4, -0.2) is 35.4 Å². The minimum absolute atomic E-state index is 0.0282. The van der Waals surface area contributed by atoms with Crippen LogP contribution in [0.2, 0.25) is 0 Å². The standard InChI is InChI=1S/C26H33FN2O3/c1-16(2)14-24(30)29-13-12-19-8-11-22(32-18(5)26(31)28-17(3)4)15-23(19)25(29)20-6-9-21(27)10-7-20/h6-11,15-18,25H,12-14H2,1-5H3,(H,28,31). The van der Waals surface area contributed by atoms with Gasteiger partial charge < -0.3 is 15.0 Å². The Hall–Kier alpha value is -2.89. The van der Waals surface area contributed by atoms with Crippen LogP contribution < -0.4 is 10.1 Å². The first-order valence-electron chi connectivity index (χ1n) is 11.3. The van der Waals surface area contributed by atoms with Gasteiger partial charge in [0.15, 0.2) is 6.10 Å². The van der Waals surface area contributed by atoms with Crippen molar-refractivity contribution in [1.29, 1.82) is 0 Å². The molecule has 2 aromatic rings. The summed E-state index contributed by atoms with van der Waals surface area (Å²) in [7, 11) is 0. The van der Waals surface area contributed by atoms with E-state index in [0.29, 0.717) is 18.7 Å². The molecule has 1 aliphatic rings. The van der Waals surface area contributed by atoms with Crippen LogP contribution in [0.3, 0.4) is 0 Å². The van der Waals surface area contributed by atoms with E-state index in [2.05, 4.69) is 5.32 Å². The second kappa shape index (κ2) is 10.2. The topological polar surface area (TPSA) is 58.6 Å². The normalized spacial score (nSPS) is 16.6. The Bertz CT molecular complexity index is 956. The van der Waals surface area contributed by atoms with Crippen molar-refractivity contribution in [3.63, 3.8) is 0 Å². The van der Waals surface area contributed by atoms with Gasteiger partial charge in [-0.1, -0.05) is 32.0 Å². The molecule has 1 N–H and O–H groups in total. The van der Waals surface area contributed by atoms with Crippen LogP contribution in [-0.2, 0) is 16.0 Å². The fourth-order valence-corrected chi connectivity index (χ4v) is 4.07. The monoisotopic (exact) mass is 440 g/mol. The number of nitrogens with zero attached hydrogens (tertiary/aromatic N) is 1. The zero-order valence-corrected chi connectivity index (χ0v) is 19.5. The number of rotatable bonds is 7. The van der Waals surface area contributed by atoms with E-state index in [4.69, 9.17) is 4.74 Å². The Morgan fingerprint density at radius 3 is 2.41 bits per heavy atom. The molecule has 1 aliphatic heterocycles. The molecule has 32 heavy (non-hydrogen) atoms. The Morgan fingerprint density at radius 1 is 1.09 bits per heavy atom. The lowest BCUT2D eigenvalue weighted by Gasteiger charge is -2.38. The fraction of sp³-hybridized carbons (Fsp3) is 0.462. The first-order valence-corrected chi connectivity index (χ1v) is 11.3. The Labute approximate surface area is 190 Å². The maximum atomic E-state index is 13.6. The molecule has 0 saturated heterocycles. The van der Waals surface area contributed by atoms with Crippen molar-refractivity contribution < 1.29 is 18.7 Å². The summed E-state index contributed by atoms with van der Waals surface area (Å²) in [6, 6.07) is 11.8. The van der Waals surface area contributed by atoms with Crippen molar-refractivity contribution in [3.8, 4) is 5.75 Å². The summed E-state index contributed by atoms with van der Waals surface area (Å²) >= 11 is 0. The Morgan fingerprint density at radius 2 is 1.78 bits per heavy atom. The predicted octanol–water partition coefficient (Wildman–Crippen LogP) is 4.64. The molecule has 0 fully saturated rings. The van der Waals surface area contributed by atoms with Crippen molar-refractivity contribution in [3.05, 3.63) is 65.0 Å². The van der Waals surface area contributed by atoms with Gasteiger partial charge in [0.05, 0.1) is 6.04 Å². The third kappa shape index (κ3) is 5.67. The highest BCUT2D eigenvalue weighted by atomic mass is 19.1. The highest BCUT2D eigenvalue weighted by Crippen LogP contribution is 2.38. The van der Waals surface area contributed by atoms with Gasteiger partial charge in [-0.2, -0.15) is 0 Å². The molecule has 2 amide bonds. The molecule has 1 heterocycles. The molecular formula is C26H33FN2O3. The van der Waals surface area contributed by atoms with Gasteiger partial charge in [0, 0.05) is 19.0 Å². The van der Waals surface area contributed by atoms with Crippen LogP contribution in [0.1, 0.15) is 63.8 Å². The highest BCUT2D eigenvalue weighted by Gasteiger charge is 2.32. The maximum absolute atomic E-state index is 13.6. The van der Waals surface area contributed by atoms with E-state index >= 15 is 0 Å². The molecule has 0 radical (unpaired) electrons. The van der Waals surface area contributed by atoms with Gasteiger partial charge in [0.1, 0.15) is 11.6 Å². The van der Waals surface area contributed by atoms with Crippen LogP contribution in [0.25, 0.3) is 0 Å². The molecule has 5 nitrogen and oxygen atoms in total. The molecule has 0 aromatic heterocycles. The Kier molecular flexibility index (Phi) is 7.54. The number of ether oxygens (including phenoxy) is 1. The number of carbonyl (C=O) groups is 2. The van der Waals surface area contributed by atoms with Crippen LogP contribution in [0.5, 0.6) is 5.75 Å². The van der Waals surface area contributed by atoms with Crippen molar-refractivity contribution in [2.24, 2.45) is 5.92 Å². The third-order valence-corrected chi connectivity index (χ3v) is 5.55. The van der Waals surface area contributed by atoms with Crippen LogP contribution in [0, 0.1) is 11.7 Å². The number of hydrogen-bond donors (Lipinski definition) is 1. The SMILES string of the molecule is CC(C)CC(=O)N1CCc2ccc(OC(C)C(=O)NC(C)C)cc2C1c1ccc(F)cc1. The van der Waals surface area contributed by atoms with Gasteiger partial charge in [-0.15, -0.1) is 0 Å². The lowest BCUT2D eigenvalue weighted by molar-refractivity contribution is -0.134. The quantitative estimate of drug-likeness (QED) is 0.683. The average Bonchev–Trinajstić information content (AvgIpc) is 2.72. The number of nitrogens with one attached hydrogen (secondary N) is 1. The molecule has 172 valence electrons. The maximum Gasteiger partial charge on any atom is 0.260 e. The molecule has 0 aliphatic carbocycles. The van der Waals surface area contributed by atoms with E-state index in [-0.39, 0.29) is 35.6 Å². The average molecular weight is 441 g/mol. The third-order valence-electron chi connectivity index (χ3n) is 5.55. The van der Waals surface area contributed by atoms with E-state index in [1.807, 2.05) is 50.8 Å². The molecule has 0 saturated carbocycles. The van der Waals surface area contributed by atoms with Crippen LogP contribution in [0.15, 0.2) is 42.5 Å². The summed E-state index contributed by atoms with van der Waals surface area (Å²) in [5.41, 5.74) is 2.93. The molecular weight excluding hydrogens is 407 g/mol. The molecule has 0 bridgehead atoms. The molecule has 2 atom stereocenters. The number of benzene rings is 2. The molecule has 0 spiro atoms. The minimum Gasteiger partial charge on any atom is -0.481 e. The molecule has 3 rings (SSSR count). The molecule has 2 aromatic carbocycles. The second-order valence-electron chi connectivity index (χ2n) is 9.17. The first-order chi connectivity index (χ1) is 15.2. The van der Waals surface area contributed by atoms with E-state index in [1.165, 1.54) is 12.1 Å². The summed E-state index contributed by atoms with van der Waals surface area (Å²) < 4.78 is 19.5. The van der Waals surface area contributed by atoms with Crippen LogP contribution in [0.4, 0.5) is 4.39 Å². The number of carbonyl (C=O) groups excluding carboxylic acids is 2. The van der Waals surface area contributed by atoms with Crippen LogP contribution >= 0.6 is 0 Å². The van der Waals surface area contributed by atoms with E-state index in [9.17, 15) is 14.0 Å². The number of amides is 2. The highest BCUT2D eigenvalue weighted by molar-refractivity contribution is 5.81. The van der Waals surface area contributed by atoms with Crippen molar-refractivity contribution in [1.82, 2.24) is 10.2 Å².